The van der Waals surface area contributed by atoms with Crippen molar-refractivity contribution < 1.29 is 48.9 Å². The zero-order chi connectivity index (χ0) is 44.8. The van der Waals surface area contributed by atoms with E-state index in [2.05, 4.69) is 31.9 Å². The van der Waals surface area contributed by atoms with Crippen LogP contribution in [0, 0.1) is 5.92 Å². The molecule has 0 saturated heterocycles. The summed E-state index contributed by atoms with van der Waals surface area (Å²) < 4.78 is 0. The van der Waals surface area contributed by atoms with E-state index < -0.39 is 95.8 Å². The van der Waals surface area contributed by atoms with E-state index >= 15 is 0 Å². The first-order chi connectivity index (χ1) is 28.5. The summed E-state index contributed by atoms with van der Waals surface area (Å²) in [6.45, 7) is 8.12. The highest BCUT2D eigenvalue weighted by molar-refractivity contribution is 5.97. The molecule has 0 saturated carbocycles. The summed E-state index contributed by atoms with van der Waals surface area (Å²) in [6, 6.07) is 9.22. The Hall–Kier alpha value is -5.39. The van der Waals surface area contributed by atoms with E-state index in [1.165, 1.54) is 13.8 Å². The number of rotatable bonds is 27. The fourth-order valence-corrected chi connectivity index (χ4v) is 6.29. The van der Waals surface area contributed by atoms with Crippen molar-refractivity contribution in [2.24, 2.45) is 11.7 Å². The highest BCUT2D eigenvalue weighted by Crippen LogP contribution is 2.11. The van der Waals surface area contributed by atoms with Gasteiger partial charge in [0.05, 0.1) is 12.2 Å². The Balaban J connectivity index is 2.32. The van der Waals surface area contributed by atoms with Crippen LogP contribution in [0.5, 0.6) is 0 Å². The van der Waals surface area contributed by atoms with Crippen LogP contribution in [0.25, 0.3) is 0 Å². The normalized spacial score (nSPS) is 15.2. The Kier molecular flexibility index (Phi) is 22.5. The number of nitrogens with two attached hydrogens (primary N) is 1. The number of amides is 6. The molecule has 6 amide bonds. The molecule has 17 nitrogen and oxygen atoms in total. The lowest BCUT2D eigenvalue weighted by Crippen LogP contribution is -2.63. The molecule has 0 heterocycles. The number of aliphatic hydroxyl groups excluding tert-OH is 2. The number of aliphatic hydroxyl groups is 2. The molecule has 2 aromatic carbocycles. The van der Waals surface area contributed by atoms with Crippen LogP contribution in [0.4, 0.5) is 0 Å². The minimum Gasteiger partial charge on any atom is -0.480 e. The molecule has 0 aliphatic carbocycles. The van der Waals surface area contributed by atoms with Crippen molar-refractivity contribution in [3.63, 3.8) is 0 Å². The van der Waals surface area contributed by atoms with E-state index in [-0.39, 0.29) is 25.7 Å². The van der Waals surface area contributed by atoms with Gasteiger partial charge in [0.1, 0.15) is 36.3 Å². The van der Waals surface area contributed by atoms with Crippen LogP contribution in [0.15, 0.2) is 60.7 Å². The SMILES string of the molecule is CCCCCC(=O)N[C@H](C(=O)N[C@H](C(=O)N[C@H](C(=O)N[C@@H](Cc1ccccc1)C(=O)N[C@@H](CCCCN)C(=O)N[C@@H](Cc1ccccc1)C(=O)O)[C@@H](C)O)C(C)C)[C@@H](C)O. The summed E-state index contributed by atoms with van der Waals surface area (Å²) in [4.78, 5) is 93.2. The van der Waals surface area contributed by atoms with Gasteiger partial charge < -0.3 is 53.0 Å². The molecule has 0 aliphatic heterocycles. The molecule has 11 N–H and O–H groups in total. The van der Waals surface area contributed by atoms with Crippen LogP contribution in [0.3, 0.4) is 0 Å². The quantitative estimate of drug-likeness (QED) is 0.0556. The summed E-state index contributed by atoms with van der Waals surface area (Å²) >= 11 is 0. The topological polar surface area (TPSA) is 278 Å². The number of carbonyl (C=O) groups is 7. The van der Waals surface area contributed by atoms with Gasteiger partial charge in [-0.25, -0.2) is 4.79 Å². The second-order valence-corrected chi connectivity index (χ2v) is 15.4. The van der Waals surface area contributed by atoms with E-state index in [0.717, 1.165) is 12.8 Å². The van der Waals surface area contributed by atoms with E-state index in [9.17, 15) is 48.9 Å². The lowest BCUT2D eigenvalue weighted by atomic mass is 10.00. The van der Waals surface area contributed by atoms with Crippen LogP contribution >= 0.6 is 0 Å². The Labute approximate surface area is 352 Å². The molecule has 8 atom stereocenters. The molecule has 332 valence electrons. The number of hydrogen-bond donors (Lipinski definition) is 10. The third-order valence-corrected chi connectivity index (χ3v) is 9.79. The van der Waals surface area contributed by atoms with Crippen molar-refractivity contribution in [3.05, 3.63) is 71.8 Å². The minimum absolute atomic E-state index is 0.0112. The number of hydrogen-bond acceptors (Lipinski definition) is 10. The maximum absolute atomic E-state index is 14.0. The largest absolute Gasteiger partial charge is 0.480 e. The van der Waals surface area contributed by atoms with Crippen molar-refractivity contribution in [3.8, 4) is 0 Å². The van der Waals surface area contributed by atoms with E-state index in [1.54, 1.807) is 74.5 Å². The number of carboxylic acid groups (broad SMARTS) is 1. The summed E-state index contributed by atoms with van der Waals surface area (Å²) in [5.41, 5.74) is 6.98. The number of unbranched alkanes of at least 4 members (excludes halogenated alkanes) is 3. The molecule has 0 aliphatic rings. The van der Waals surface area contributed by atoms with Crippen LogP contribution in [0.2, 0.25) is 0 Å². The Bertz CT molecular complexity index is 1680. The lowest BCUT2D eigenvalue weighted by Gasteiger charge is -2.30. The fraction of sp³-hybridized carbons (Fsp3) is 0.558. The number of carbonyl (C=O) groups excluding carboxylic acids is 6. The summed E-state index contributed by atoms with van der Waals surface area (Å²) in [5, 5.41) is 46.3. The third-order valence-electron chi connectivity index (χ3n) is 9.79. The number of nitrogens with one attached hydrogen (secondary N) is 6. The predicted octanol–water partition coefficient (Wildman–Crippen LogP) is 0.592. The highest BCUT2D eigenvalue weighted by atomic mass is 16.4. The molecule has 17 heteroatoms. The number of aliphatic carboxylic acids is 1. The van der Waals surface area contributed by atoms with Crippen molar-refractivity contribution in [1.29, 1.82) is 0 Å². The van der Waals surface area contributed by atoms with Crippen molar-refractivity contribution in [1.82, 2.24) is 31.9 Å². The van der Waals surface area contributed by atoms with E-state index in [1.807, 2.05) is 6.92 Å². The van der Waals surface area contributed by atoms with Crippen LogP contribution in [-0.2, 0) is 46.4 Å². The minimum atomic E-state index is -1.63. The second kappa shape index (κ2) is 26.7. The monoisotopic (exact) mass is 839 g/mol. The van der Waals surface area contributed by atoms with E-state index in [0.29, 0.717) is 36.9 Å². The zero-order valence-corrected chi connectivity index (χ0v) is 35.3. The molecular formula is C43H65N7O10. The van der Waals surface area contributed by atoms with Gasteiger partial charge in [0.25, 0.3) is 0 Å². The zero-order valence-electron chi connectivity index (χ0n) is 35.3. The average molecular weight is 840 g/mol. The van der Waals surface area contributed by atoms with Gasteiger partial charge >= 0.3 is 5.97 Å². The molecular weight excluding hydrogens is 775 g/mol. The average Bonchev–Trinajstić information content (AvgIpc) is 3.20. The predicted molar refractivity (Wildman–Crippen MR) is 225 cm³/mol. The maximum Gasteiger partial charge on any atom is 0.326 e. The second-order valence-electron chi connectivity index (χ2n) is 15.4. The van der Waals surface area contributed by atoms with Gasteiger partial charge in [-0.1, -0.05) is 94.3 Å². The molecule has 60 heavy (non-hydrogen) atoms. The fourth-order valence-electron chi connectivity index (χ4n) is 6.29. The first kappa shape index (κ1) is 50.8. The van der Waals surface area contributed by atoms with Gasteiger partial charge in [0.15, 0.2) is 0 Å². The van der Waals surface area contributed by atoms with Gasteiger partial charge in [-0.2, -0.15) is 0 Å². The van der Waals surface area contributed by atoms with Crippen molar-refractivity contribution in [2.75, 3.05) is 6.54 Å². The van der Waals surface area contributed by atoms with E-state index in [4.69, 9.17) is 5.73 Å². The summed E-state index contributed by atoms with van der Waals surface area (Å²) in [5.74, 6) is -6.47. The molecule has 0 spiro atoms. The van der Waals surface area contributed by atoms with Gasteiger partial charge in [0.2, 0.25) is 35.4 Å². The maximum atomic E-state index is 14.0. The van der Waals surface area contributed by atoms with Crippen molar-refractivity contribution >= 4 is 41.4 Å². The van der Waals surface area contributed by atoms with Crippen LogP contribution in [-0.4, -0.2) is 112 Å². The van der Waals surface area contributed by atoms with Gasteiger partial charge in [0, 0.05) is 19.3 Å². The van der Waals surface area contributed by atoms with Gasteiger partial charge in [-0.05, 0) is 63.1 Å². The Morgan fingerprint density at radius 2 is 1.00 bits per heavy atom. The highest BCUT2D eigenvalue weighted by Gasteiger charge is 2.36. The molecule has 0 unspecified atom stereocenters. The van der Waals surface area contributed by atoms with Crippen molar-refractivity contribution in [2.45, 2.75) is 141 Å². The summed E-state index contributed by atoms with van der Waals surface area (Å²) in [7, 11) is 0. The molecule has 0 bridgehead atoms. The molecule has 2 aromatic rings. The molecule has 0 fully saturated rings. The van der Waals surface area contributed by atoms with Gasteiger partial charge in [-0.15, -0.1) is 0 Å². The smallest absolute Gasteiger partial charge is 0.326 e. The molecule has 0 aromatic heterocycles. The molecule has 2 rings (SSSR count). The Morgan fingerprint density at radius 3 is 1.50 bits per heavy atom. The van der Waals surface area contributed by atoms with Crippen LogP contribution < -0.4 is 37.6 Å². The molecule has 0 radical (unpaired) electrons. The van der Waals surface area contributed by atoms with Gasteiger partial charge in [-0.3, -0.25) is 28.8 Å². The number of benzene rings is 2. The van der Waals surface area contributed by atoms with Crippen LogP contribution in [0.1, 0.15) is 90.7 Å². The lowest BCUT2D eigenvalue weighted by molar-refractivity contribution is -0.142. The third kappa shape index (κ3) is 17.8. The standard InChI is InChI=1S/C43H65N7O10/c1-6-7-10-22-34(53)48-36(27(4)51)42(58)49-35(26(2)3)40(56)50-37(28(5)52)41(57)46-32(24-29-17-11-8-12-18-29)39(55)45-31(21-15-16-23-44)38(54)47-33(43(59)60)25-30-19-13-9-14-20-30/h8-9,11-14,17-20,26-28,31-33,35-37,51-52H,6-7,10,15-16,21-25,44H2,1-5H3,(H,45,55)(H,46,57)(H,47,54)(H,48,53)(H,49,58)(H,50,56)(H,59,60)/t27-,28-,31+,32+,33+,35+,36+,37+/m1/s1. The Morgan fingerprint density at radius 1 is 0.550 bits per heavy atom. The first-order valence-corrected chi connectivity index (χ1v) is 20.7. The first-order valence-electron chi connectivity index (χ1n) is 20.7. The number of carboxylic acids is 1. The summed E-state index contributed by atoms with van der Waals surface area (Å²) in [6.07, 6.45) is 0.564.